The van der Waals surface area contributed by atoms with Gasteiger partial charge in [0.1, 0.15) is 0 Å². The second kappa shape index (κ2) is 11.1. The van der Waals surface area contributed by atoms with Gasteiger partial charge < -0.3 is 5.32 Å². The Morgan fingerprint density at radius 1 is 0.879 bits per heavy atom. The van der Waals surface area contributed by atoms with E-state index in [4.69, 9.17) is 0 Å². The van der Waals surface area contributed by atoms with Crippen LogP contribution in [0.4, 0.5) is 5.69 Å². The van der Waals surface area contributed by atoms with Gasteiger partial charge in [-0.15, -0.1) is 0 Å². The number of nitrogens with one attached hydrogen (secondary N) is 4. The van der Waals surface area contributed by atoms with Gasteiger partial charge >= 0.3 is 0 Å². The summed E-state index contributed by atoms with van der Waals surface area (Å²) in [5.74, 6) is -0.946. The van der Waals surface area contributed by atoms with Crippen LogP contribution in [-0.4, -0.2) is 32.7 Å². The van der Waals surface area contributed by atoms with Gasteiger partial charge in [0.2, 0.25) is 21.8 Å². The first-order valence-electron chi connectivity index (χ1n) is 10.8. The van der Waals surface area contributed by atoms with Crippen molar-refractivity contribution in [2.75, 3.05) is 11.9 Å². The van der Waals surface area contributed by atoms with Crippen molar-refractivity contribution in [2.45, 2.75) is 37.5 Å². The molecule has 9 nitrogen and oxygen atoms in total. The van der Waals surface area contributed by atoms with Gasteiger partial charge in [0, 0.05) is 30.6 Å². The number of hydrogen-bond donors (Lipinski definition) is 4. The average Bonchev–Trinajstić information content (AvgIpc) is 2.82. The van der Waals surface area contributed by atoms with E-state index in [-0.39, 0.29) is 41.0 Å². The second-order valence-corrected chi connectivity index (χ2v) is 9.85. The number of carbonyl (C=O) groups is 3. The standard InChI is InChI=1S/C23H28N4O5S/c1-16(28)25-20-11-13-21(14-12-20)33(31,32)24-15-17-7-9-19(10-8-17)23(30)27-26-22(29)18-5-3-2-4-6-18/h2-6,11-14,17,19,24H,7-10,15H2,1H3,(H,25,28)(H,26,29)(H,27,30). The van der Waals surface area contributed by atoms with Gasteiger partial charge in [-0.05, 0) is 68.0 Å². The van der Waals surface area contributed by atoms with Crippen molar-refractivity contribution in [1.82, 2.24) is 15.6 Å². The van der Waals surface area contributed by atoms with E-state index in [1.165, 1.54) is 31.2 Å². The lowest BCUT2D eigenvalue weighted by molar-refractivity contribution is -0.127. The smallest absolute Gasteiger partial charge is 0.269 e. The van der Waals surface area contributed by atoms with Crippen LogP contribution in [0.3, 0.4) is 0 Å². The molecule has 1 aliphatic rings. The van der Waals surface area contributed by atoms with E-state index < -0.39 is 10.0 Å². The molecule has 3 amide bonds. The maximum absolute atomic E-state index is 12.5. The summed E-state index contributed by atoms with van der Waals surface area (Å²) in [4.78, 5) is 35.6. The van der Waals surface area contributed by atoms with Crippen LogP contribution < -0.4 is 20.9 Å². The van der Waals surface area contributed by atoms with Crippen LogP contribution in [-0.2, 0) is 19.6 Å². The number of hydrazine groups is 1. The lowest BCUT2D eigenvalue weighted by Crippen LogP contribution is -2.45. The summed E-state index contributed by atoms with van der Waals surface area (Å²) < 4.78 is 27.7. The predicted molar refractivity (Wildman–Crippen MR) is 123 cm³/mol. The minimum absolute atomic E-state index is 0.124. The molecule has 0 atom stereocenters. The normalized spacial score (nSPS) is 18.2. The van der Waals surface area contributed by atoms with E-state index in [1.807, 2.05) is 0 Å². The van der Waals surface area contributed by atoms with Gasteiger partial charge in [0.25, 0.3) is 5.91 Å². The Morgan fingerprint density at radius 3 is 2.12 bits per heavy atom. The first kappa shape index (κ1) is 24.4. The molecule has 1 saturated carbocycles. The zero-order valence-corrected chi connectivity index (χ0v) is 19.2. The molecule has 0 unspecified atom stereocenters. The Balaban J connectivity index is 1.42. The summed E-state index contributed by atoms with van der Waals surface area (Å²) in [6.45, 7) is 1.67. The Hall–Kier alpha value is -3.24. The highest BCUT2D eigenvalue weighted by atomic mass is 32.2. The highest BCUT2D eigenvalue weighted by molar-refractivity contribution is 7.89. The van der Waals surface area contributed by atoms with Gasteiger partial charge in [-0.25, -0.2) is 13.1 Å². The summed E-state index contributed by atoms with van der Waals surface area (Å²) in [6.07, 6.45) is 2.64. The Morgan fingerprint density at radius 2 is 1.52 bits per heavy atom. The lowest BCUT2D eigenvalue weighted by atomic mass is 9.82. The Labute approximate surface area is 193 Å². The van der Waals surface area contributed by atoms with E-state index >= 15 is 0 Å². The van der Waals surface area contributed by atoms with E-state index in [0.717, 1.165) is 0 Å². The second-order valence-electron chi connectivity index (χ2n) is 8.08. The molecular formula is C23H28N4O5S. The molecule has 2 aromatic rings. The number of hydrogen-bond acceptors (Lipinski definition) is 5. The van der Waals surface area contributed by atoms with Gasteiger partial charge in [-0.1, -0.05) is 18.2 Å². The monoisotopic (exact) mass is 472 g/mol. The number of sulfonamides is 1. The fraction of sp³-hybridized carbons (Fsp3) is 0.348. The zero-order valence-electron chi connectivity index (χ0n) is 18.3. The third kappa shape index (κ3) is 7.13. The predicted octanol–water partition coefficient (Wildman–Crippen LogP) is 2.19. The van der Waals surface area contributed by atoms with Crippen molar-refractivity contribution in [2.24, 2.45) is 11.8 Å². The third-order valence-electron chi connectivity index (χ3n) is 5.60. The minimum atomic E-state index is -3.67. The Bertz CT molecular complexity index is 1080. The van der Waals surface area contributed by atoms with Crippen LogP contribution in [0.2, 0.25) is 0 Å². The van der Waals surface area contributed by atoms with Crippen molar-refractivity contribution in [1.29, 1.82) is 0 Å². The quantitative estimate of drug-likeness (QED) is 0.459. The zero-order chi connectivity index (χ0) is 23.8. The fourth-order valence-corrected chi connectivity index (χ4v) is 4.86. The van der Waals surface area contributed by atoms with Crippen molar-refractivity contribution in [3.63, 3.8) is 0 Å². The molecule has 1 aliphatic carbocycles. The third-order valence-corrected chi connectivity index (χ3v) is 7.04. The minimum Gasteiger partial charge on any atom is -0.326 e. The number of carbonyl (C=O) groups excluding carboxylic acids is 3. The number of rotatable bonds is 7. The Kier molecular flexibility index (Phi) is 8.18. The molecule has 2 aromatic carbocycles. The van der Waals surface area contributed by atoms with Crippen LogP contribution >= 0.6 is 0 Å². The van der Waals surface area contributed by atoms with E-state index in [9.17, 15) is 22.8 Å². The van der Waals surface area contributed by atoms with Crippen molar-refractivity contribution in [3.05, 3.63) is 60.2 Å². The fourth-order valence-electron chi connectivity index (χ4n) is 3.74. The lowest BCUT2D eigenvalue weighted by Gasteiger charge is -2.27. The van der Waals surface area contributed by atoms with Gasteiger partial charge in [-0.2, -0.15) is 0 Å². The molecule has 1 fully saturated rings. The van der Waals surface area contributed by atoms with Crippen molar-refractivity contribution in [3.8, 4) is 0 Å². The summed E-state index contributed by atoms with van der Waals surface area (Å²) in [5, 5.41) is 2.59. The van der Waals surface area contributed by atoms with Crippen molar-refractivity contribution >= 4 is 33.4 Å². The van der Waals surface area contributed by atoms with Gasteiger partial charge in [-0.3, -0.25) is 25.2 Å². The molecule has 33 heavy (non-hydrogen) atoms. The number of anilines is 1. The average molecular weight is 473 g/mol. The molecule has 4 N–H and O–H groups in total. The SMILES string of the molecule is CC(=O)Nc1ccc(S(=O)(=O)NCC2CCC(C(=O)NNC(=O)c3ccccc3)CC2)cc1. The van der Waals surface area contributed by atoms with E-state index in [2.05, 4.69) is 20.9 Å². The van der Waals surface area contributed by atoms with Crippen LogP contribution in [0.1, 0.15) is 43.0 Å². The largest absolute Gasteiger partial charge is 0.326 e. The molecular weight excluding hydrogens is 444 g/mol. The molecule has 0 saturated heterocycles. The topological polar surface area (TPSA) is 133 Å². The van der Waals surface area contributed by atoms with Crippen LogP contribution in [0.15, 0.2) is 59.5 Å². The van der Waals surface area contributed by atoms with Crippen LogP contribution in [0.25, 0.3) is 0 Å². The maximum atomic E-state index is 12.5. The number of amides is 3. The van der Waals surface area contributed by atoms with Crippen LogP contribution in [0.5, 0.6) is 0 Å². The van der Waals surface area contributed by atoms with Crippen molar-refractivity contribution < 1.29 is 22.8 Å². The number of benzene rings is 2. The first-order valence-corrected chi connectivity index (χ1v) is 12.3. The summed E-state index contributed by atoms with van der Waals surface area (Å²) in [6, 6.07) is 14.6. The van der Waals surface area contributed by atoms with Gasteiger partial charge in [0.15, 0.2) is 0 Å². The van der Waals surface area contributed by atoms with E-state index in [1.54, 1.807) is 30.3 Å². The molecule has 0 radical (unpaired) electrons. The molecule has 176 valence electrons. The van der Waals surface area contributed by atoms with Gasteiger partial charge in [0.05, 0.1) is 4.90 Å². The molecule has 0 heterocycles. The van der Waals surface area contributed by atoms with Crippen LogP contribution in [0, 0.1) is 11.8 Å². The maximum Gasteiger partial charge on any atom is 0.269 e. The summed E-state index contributed by atoms with van der Waals surface area (Å²) in [7, 11) is -3.67. The molecule has 0 bridgehead atoms. The van der Waals surface area contributed by atoms with E-state index in [0.29, 0.717) is 36.9 Å². The highest BCUT2D eigenvalue weighted by Gasteiger charge is 2.27. The highest BCUT2D eigenvalue weighted by Crippen LogP contribution is 2.28. The molecule has 0 aromatic heterocycles. The molecule has 3 rings (SSSR count). The first-order chi connectivity index (χ1) is 15.7. The molecule has 10 heteroatoms. The summed E-state index contributed by atoms with van der Waals surface area (Å²) >= 11 is 0. The summed E-state index contributed by atoms with van der Waals surface area (Å²) in [5.41, 5.74) is 5.90. The molecule has 0 spiro atoms. The molecule has 0 aliphatic heterocycles.